The van der Waals surface area contributed by atoms with E-state index in [4.69, 9.17) is 9.98 Å². The number of benzene rings is 2. The number of nitrogens with zero attached hydrogens (tertiary/aromatic N) is 2. The maximum atomic E-state index is 5.20. The molecule has 30 heavy (non-hydrogen) atoms. The van der Waals surface area contributed by atoms with Gasteiger partial charge in [-0.2, -0.15) is 0 Å². The fourth-order valence-corrected chi connectivity index (χ4v) is 5.58. The molecule has 0 bridgehead atoms. The van der Waals surface area contributed by atoms with Crippen LogP contribution in [0.1, 0.15) is 68.9 Å². The number of aliphatic imine (C=N–C) groups is 2. The summed E-state index contributed by atoms with van der Waals surface area (Å²) in [6.45, 7) is 0.928. The van der Waals surface area contributed by atoms with Crippen LogP contribution in [-0.2, 0) is 0 Å². The van der Waals surface area contributed by atoms with E-state index in [0.717, 1.165) is 18.2 Å². The first-order valence-electron chi connectivity index (χ1n) is 12.0. The lowest BCUT2D eigenvalue weighted by molar-refractivity contribution is 0.311. The molecule has 2 aromatic rings. The smallest absolute Gasteiger partial charge is 0.0719 e. The van der Waals surface area contributed by atoms with E-state index >= 15 is 0 Å². The predicted octanol–water partition coefficient (Wildman–Crippen LogP) is 6.98. The highest BCUT2D eigenvalue weighted by Gasteiger charge is 2.30. The highest BCUT2D eigenvalue weighted by molar-refractivity contribution is 6.12. The number of hydrogen-bond donors (Lipinski definition) is 0. The third-order valence-corrected chi connectivity index (χ3v) is 7.08. The second-order valence-electron chi connectivity index (χ2n) is 9.13. The van der Waals surface area contributed by atoms with Gasteiger partial charge in [0.1, 0.15) is 0 Å². The van der Waals surface area contributed by atoms with Crippen molar-refractivity contribution in [2.45, 2.75) is 57.8 Å². The minimum absolute atomic E-state index is 0.673. The van der Waals surface area contributed by atoms with Crippen LogP contribution in [0.2, 0.25) is 0 Å². The fourth-order valence-electron chi connectivity index (χ4n) is 5.58. The lowest BCUT2D eigenvalue weighted by Gasteiger charge is -2.34. The minimum atomic E-state index is 0.673. The molecule has 2 nitrogen and oxygen atoms in total. The maximum Gasteiger partial charge on any atom is 0.0719 e. The van der Waals surface area contributed by atoms with Crippen molar-refractivity contribution in [3.05, 3.63) is 71.8 Å². The standard InChI is InChI=1S/C28H36N2/c1-29-27(23-13-5-2-6-14-23)26-19-11-12-22(20-26)21-30-28(24-15-7-3-8-16-24)25-17-9-4-10-18-25/h3-4,7-10,15-18,22-23,26H,2,5-6,11-14,19-21H2,1H3. The minimum Gasteiger partial charge on any atom is -0.297 e. The normalized spacial score (nSPS) is 23.2. The lowest BCUT2D eigenvalue weighted by atomic mass is 9.73. The molecule has 4 rings (SSSR count). The third kappa shape index (κ3) is 5.28. The van der Waals surface area contributed by atoms with Crippen molar-refractivity contribution in [1.29, 1.82) is 0 Å². The van der Waals surface area contributed by atoms with Gasteiger partial charge in [-0.05, 0) is 49.9 Å². The van der Waals surface area contributed by atoms with Crippen molar-refractivity contribution in [2.75, 3.05) is 13.6 Å². The first-order chi connectivity index (χ1) is 14.8. The van der Waals surface area contributed by atoms with Crippen LogP contribution in [0.25, 0.3) is 0 Å². The molecule has 158 valence electrons. The highest BCUT2D eigenvalue weighted by Crippen LogP contribution is 2.36. The largest absolute Gasteiger partial charge is 0.297 e. The van der Waals surface area contributed by atoms with Crippen molar-refractivity contribution < 1.29 is 0 Å². The summed E-state index contributed by atoms with van der Waals surface area (Å²) in [5.41, 5.74) is 5.10. The van der Waals surface area contributed by atoms with Crippen LogP contribution in [0.15, 0.2) is 70.6 Å². The maximum absolute atomic E-state index is 5.20. The van der Waals surface area contributed by atoms with E-state index in [1.165, 1.54) is 74.6 Å². The summed E-state index contributed by atoms with van der Waals surface area (Å²) in [5.74, 6) is 2.11. The van der Waals surface area contributed by atoms with Gasteiger partial charge in [-0.3, -0.25) is 9.98 Å². The Morgan fingerprint density at radius 2 is 1.33 bits per heavy atom. The van der Waals surface area contributed by atoms with Crippen LogP contribution in [0.5, 0.6) is 0 Å². The Morgan fingerprint density at radius 3 is 1.93 bits per heavy atom. The lowest BCUT2D eigenvalue weighted by Crippen LogP contribution is -2.30. The first-order valence-corrected chi connectivity index (χ1v) is 12.0. The van der Waals surface area contributed by atoms with Crippen molar-refractivity contribution in [3.63, 3.8) is 0 Å². The highest BCUT2D eigenvalue weighted by atomic mass is 14.8. The third-order valence-electron chi connectivity index (χ3n) is 7.08. The molecule has 0 saturated heterocycles. The molecule has 0 aliphatic heterocycles. The van der Waals surface area contributed by atoms with Gasteiger partial charge in [0.25, 0.3) is 0 Å². The Kier molecular flexibility index (Phi) is 7.50. The molecule has 2 unspecified atom stereocenters. The van der Waals surface area contributed by atoms with Crippen molar-refractivity contribution in [1.82, 2.24) is 0 Å². The fraction of sp³-hybridized carbons (Fsp3) is 0.500. The van der Waals surface area contributed by atoms with E-state index in [-0.39, 0.29) is 0 Å². The van der Waals surface area contributed by atoms with E-state index < -0.39 is 0 Å². The average Bonchev–Trinajstić information content (AvgIpc) is 2.82. The Morgan fingerprint density at radius 1 is 0.733 bits per heavy atom. The summed E-state index contributed by atoms with van der Waals surface area (Å²) in [6.07, 6.45) is 12.1. The Hall–Kier alpha value is -2.22. The molecule has 0 amide bonds. The molecule has 0 aromatic heterocycles. The van der Waals surface area contributed by atoms with E-state index in [0.29, 0.717) is 11.8 Å². The summed E-state index contributed by atoms with van der Waals surface area (Å²) >= 11 is 0. The second-order valence-corrected chi connectivity index (χ2v) is 9.13. The second kappa shape index (κ2) is 10.7. The van der Waals surface area contributed by atoms with Crippen molar-refractivity contribution in [2.24, 2.45) is 27.7 Å². The van der Waals surface area contributed by atoms with Gasteiger partial charge in [-0.15, -0.1) is 0 Å². The number of hydrogen-bond acceptors (Lipinski definition) is 2. The van der Waals surface area contributed by atoms with Crippen molar-refractivity contribution in [3.8, 4) is 0 Å². The van der Waals surface area contributed by atoms with Crippen LogP contribution in [0, 0.1) is 17.8 Å². The van der Waals surface area contributed by atoms with Crippen LogP contribution < -0.4 is 0 Å². The SMILES string of the molecule is CN=C(C1CCCCC1)C1CCCC(CN=C(c2ccccc2)c2ccccc2)C1. The summed E-state index contributed by atoms with van der Waals surface area (Å²) in [5, 5.41) is 0. The zero-order valence-electron chi connectivity index (χ0n) is 18.5. The van der Waals surface area contributed by atoms with Gasteiger partial charge in [0.2, 0.25) is 0 Å². The number of rotatable bonds is 6. The molecule has 2 atom stereocenters. The molecular formula is C28H36N2. The van der Waals surface area contributed by atoms with Crippen LogP contribution in [-0.4, -0.2) is 25.0 Å². The summed E-state index contributed by atoms with van der Waals surface area (Å²) in [7, 11) is 2.04. The Bertz CT molecular complexity index is 790. The summed E-state index contributed by atoms with van der Waals surface area (Å²) in [6, 6.07) is 21.3. The van der Waals surface area contributed by atoms with Crippen molar-refractivity contribution >= 4 is 11.4 Å². The van der Waals surface area contributed by atoms with Gasteiger partial charge in [0.15, 0.2) is 0 Å². The molecule has 2 aromatic carbocycles. The molecular weight excluding hydrogens is 364 g/mol. The summed E-state index contributed by atoms with van der Waals surface area (Å²) < 4.78 is 0. The van der Waals surface area contributed by atoms with Gasteiger partial charge in [-0.25, -0.2) is 0 Å². The molecule has 0 heterocycles. The van der Waals surface area contributed by atoms with E-state index in [1.54, 1.807) is 0 Å². The molecule has 2 aliphatic rings. The molecule has 2 heteroatoms. The van der Waals surface area contributed by atoms with E-state index in [2.05, 4.69) is 60.7 Å². The van der Waals surface area contributed by atoms with Gasteiger partial charge in [0.05, 0.1) is 5.71 Å². The Labute approximate surface area is 182 Å². The monoisotopic (exact) mass is 400 g/mol. The van der Waals surface area contributed by atoms with Crippen LogP contribution in [0.3, 0.4) is 0 Å². The average molecular weight is 401 g/mol. The first kappa shape index (κ1) is 21.0. The zero-order valence-corrected chi connectivity index (χ0v) is 18.5. The quantitative estimate of drug-likeness (QED) is 0.467. The predicted molar refractivity (Wildman–Crippen MR) is 129 cm³/mol. The van der Waals surface area contributed by atoms with E-state index in [9.17, 15) is 0 Å². The molecule has 2 fully saturated rings. The van der Waals surface area contributed by atoms with Gasteiger partial charge >= 0.3 is 0 Å². The molecule has 0 spiro atoms. The Balaban J connectivity index is 1.48. The molecule has 2 saturated carbocycles. The molecule has 0 radical (unpaired) electrons. The summed E-state index contributed by atoms with van der Waals surface area (Å²) in [4.78, 5) is 10.0. The van der Waals surface area contributed by atoms with Crippen LogP contribution >= 0.6 is 0 Å². The van der Waals surface area contributed by atoms with Gasteiger partial charge in [0, 0.05) is 30.4 Å². The van der Waals surface area contributed by atoms with E-state index in [1.807, 2.05) is 7.05 Å². The zero-order chi connectivity index (χ0) is 20.6. The van der Waals surface area contributed by atoms with Gasteiger partial charge in [-0.1, -0.05) is 86.3 Å². The topological polar surface area (TPSA) is 24.7 Å². The molecule has 0 N–H and O–H groups in total. The molecule has 2 aliphatic carbocycles. The van der Waals surface area contributed by atoms with Gasteiger partial charge < -0.3 is 0 Å². The van der Waals surface area contributed by atoms with Crippen LogP contribution in [0.4, 0.5) is 0 Å².